The Morgan fingerprint density at radius 1 is 1.37 bits per heavy atom. The lowest BCUT2D eigenvalue weighted by molar-refractivity contribution is -0.138. The van der Waals surface area contributed by atoms with Gasteiger partial charge in [0.15, 0.2) is 0 Å². The standard InChI is InChI=1S/C14H14N2O3/c1-19-11-5-2-4-10(8-11)9-12(14(17)18)13-6-3-7-15-16-13/h2-8,12H,9H2,1H3,(H,17,18). The summed E-state index contributed by atoms with van der Waals surface area (Å²) in [5.41, 5.74) is 1.34. The second kappa shape index (κ2) is 5.95. The van der Waals surface area contributed by atoms with Crippen LogP contribution in [0.3, 0.4) is 0 Å². The number of benzene rings is 1. The minimum Gasteiger partial charge on any atom is -0.497 e. The summed E-state index contributed by atoms with van der Waals surface area (Å²) in [5.74, 6) is -0.912. The van der Waals surface area contributed by atoms with Crippen LogP contribution in [0.5, 0.6) is 5.75 Å². The van der Waals surface area contributed by atoms with Crippen molar-refractivity contribution in [3.8, 4) is 5.75 Å². The summed E-state index contributed by atoms with van der Waals surface area (Å²) in [6, 6.07) is 10.7. The van der Waals surface area contributed by atoms with Crippen LogP contribution in [0.4, 0.5) is 0 Å². The number of hydrogen-bond acceptors (Lipinski definition) is 4. The van der Waals surface area contributed by atoms with E-state index in [1.165, 1.54) is 6.20 Å². The van der Waals surface area contributed by atoms with Crippen LogP contribution in [0.15, 0.2) is 42.6 Å². The number of ether oxygens (including phenoxy) is 1. The van der Waals surface area contributed by atoms with Crippen LogP contribution >= 0.6 is 0 Å². The summed E-state index contributed by atoms with van der Waals surface area (Å²) in [6.45, 7) is 0. The molecule has 0 aliphatic rings. The molecule has 1 aromatic heterocycles. The largest absolute Gasteiger partial charge is 0.497 e. The van der Waals surface area contributed by atoms with Crippen LogP contribution < -0.4 is 4.74 Å². The Morgan fingerprint density at radius 3 is 2.84 bits per heavy atom. The van der Waals surface area contributed by atoms with Crippen molar-refractivity contribution >= 4 is 5.97 Å². The van der Waals surface area contributed by atoms with Crippen LogP contribution in [0, 0.1) is 0 Å². The molecule has 0 bridgehead atoms. The third-order valence-corrected chi connectivity index (χ3v) is 2.82. The van der Waals surface area contributed by atoms with Crippen molar-refractivity contribution in [1.29, 1.82) is 0 Å². The molecule has 0 aliphatic carbocycles. The molecule has 0 saturated carbocycles. The number of hydrogen-bond donors (Lipinski definition) is 1. The first kappa shape index (κ1) is 13.0. The highest BCUT2D eigenvalue weighted by Crippen LogP contribution is 2.21. The highest BCUT2D eigenvalue weighted by atomic mass is 16.5. The van der Waals surface area contributed by atoms with Gasteiger partial charge < -0.3 is 9.84 Å². The van der Waals surface area contributed by atoms with Gasteiger partial charge >= 0.3 is 5.97 Å². The Morgan fingerprint density at radius 2 is 2.21 bits per heavy atom. The van der Waals surface area contributed by atoms with E-state index in [9.17, 15) is 9.90 Å². The summed E-state index contributed by atoms with van der Waals surface area (Å²) in [4.78, 5) is 11.4. The van der Waals surface area contributed by atoms with E-state index in [1.807, 2.05) is 24.3 Å². The maximum absolute atomic E-state index is 11.4. The third kappa shape index (κ3) is 3.28. The fraction of sp³-hybridized carbons (Fsp3) is 0.214. The fourth-order valence-electron chi connectivity index (χ4n) is 1.85. The second-order valence-electron chi connectivity index (χ2n) is 4.10. The molecule has 0 radical (unpaired) electrons. The van der Waals surface area contributed by atoms with Gasteiger partial charge in [0.1, 0.15) is 11.7 Å². The Bertz CT molecular complexity index is 558. The maximum atomic E-state index is 11.4. The molecule has 5 heteroatoms. The molecule has 2 rings (SSSR count). The van der Waals surface area contributed by atoms with Crippen molar-refractivity contribution < 1.29 is 14.6 Å². The van der Waals surface area contributed by atoms with Gasteiger partial charge in [0, 0.05) is 6.20 Å². The van der Waals surface area contributed by atoms with Crippen molar-refractivity contribution in [2.45, 2.75) is 12.3 Å². The molecular formula is C14H14N2O3. The SMILES string of the molecule is COc1cccc(CC(C(=O)O)c2cccnn2)c1. The van der Waals surface area contributed by atoms with Gasteiger partial charge in [-0.3, -0.25) is 4.79 Å². The lowest BCUT2D eigenvalue weighted by Gasteiger charge is -2.11. The van der Waals surface area contributed by atoms with Crippen LogP contribution in [0.1, 0.15) is 17.2 Å². The first-order chi connectivity index (χ1) is 9.20. The summed E-state index contributed by atoms with van der Waals surface area (Å²) in [7, 11) is 1.58. The number of aromatic nitrogens is 2. The first-order valence-electron chi connectivity index (χ1n) is 5.84. The average molecular weight is 258 g/mol. The van der Waals surface area contributed by atoms with E-state index in [0.29, 0.717) is 17.9 Å². The smallest absolute Gasteiger partial charge is 0.313 e. The van der Waals surface area contributed by atoms with Gasteiger partial charge in [-0.05, 0) is 36.2 Å². The Balaban J connectivity index is 2.24. The third-order valence-electron chi connectivity index (χ3n) is 2.82. The number of nitrogens with zero attached hydrogens (tertiary/aromatic N) is 2. The quantitative estimate of drug-likeness (QED) is 0.886. The highest BCUT2D eigenvalue weighted by molar-refractivity contribution is 5.75. The number of carbonyl (C=O) groups is 1. The van der Waals surface area contributed by atoms with Crippen LogP contribution in [0.2, 0.25) is 0 Å². The number of carboxylic acids is 1. The topological polar surface area (TPSA) is 72.3 Å². The van der Waals surface area contributed by atoms with E-state index in [2.05, 4.69) is 10.2 Å². The van der Waals surface area contributed by atoms with E-state index in [1.54, 1.807) is 19.2 Å². The molecule has 1 atom stereocenters. The summed E-state index contributed by atoms with van der Waals surface area (Å²) in [5, 5.41) is 16.9. The normalized spacial score (nSPS) is 11.8. The van der Waals surface area contributed by atoms with Crippen molar-refractivity contribution in [3.63, 3.8) is 0 Å². The van der Waals surface area contributed by atoms with Gasteiger partial charge in [-0.15, -0.1) is 0 Å². The second-order valence-corrected chi connectivity index (χ2v) is 4.10. The predicted molar refractivity (Wildman–Crippen MR) is 69.1 cm³/mol. The molecule has 98 valence electrons. The van der Waals surface area contributed by atoms with Gasteiger partial charge in [-0.1, -0.05) is 12.1 Å². The van der Waals surface area contributed by atoms with Crippen LogP contribution in [-0.4, -0.2) is 28.4 Å². The molecule has 0 spiro atoms. The average Bonchev–Trinajstić information content (AvgIpc) is 2.45. The number of carboxylic acid groups (broad SMARTS) is 1. The lowest BCUT2D eigenvalue weighted by Crippen LogP contribution is -2.16. The molecule has 2 aromatic rings. The van der Waals surface area contributed by atoms with E-state index in [0.717, 1.165) is 5.56 Å². The number of rotatable bonds is 5. The zero-order valence-corrected chi connectivity index (χ0v) is 10.5. The van der Waals surface area contributed by atoms with E-state index < -0.39 is 11.9 Å². The highest BCUT2D eigenvalue weighted by Gasteiger charge is 2.22. The Kier molecular flexibility index (Phi) is 4.07. The zero-order chi connectivity index (χ0) is 13.7. The van der Waals surface area contributed by atoms with Crippen molar-refractivity contribution in [2.24, 2.45) is 0 Å². The van der Waals surface area contributed by atoms with Gasteiger partial charge in [-0.25, -0.2) is 0 Å². The monoisotopic (exact) mass is 258 g/mol. The van der Waals surface area contributed by atoms with Gasteiger partial charge in [-0.2, -0.15) is 10.2 Å². The van der Waals surface area contributed by atoms with E-state index >= 15 is 0 Å². The molecule has 0 amide bonds. The molecular weight excluding hydrogens is 244 g/mol. The zero-order valence-electron chi connectivity index (χ0n) is 10.5. The minimum atomic E-state index is -0.914. The van der Waals surface area contributed by atoms with E-state index in [4.69, 9.17) is 4.74 Å². The summed E-state index contributed by atoms with van der Waals surface area (Å²) < 4.78 is 5.13. The fourth-order valence-corrected chi connectivity index (χ4v) is 1.85. The van der Waals surface area contributed by atoms with Gasteiger partial charge in [0.25, 0.3) is 0 Å². The van der Waals surface area contributed by atoms with Gasteiger partial charge in [0.2, 0.25) is 0 Å². The number of aliphatic carboxylic acids is 1. The molecule has 1 N–H and O–H groups in total. The van der Waals surface area contributed by atoms with Crippen molar-refractivity contribution in [2.75, 3.05) is 7.11 Å². The molecule has 0 aliphatic heterocycles. The Hall–Kier alpha value is -2.43. The lowest BCUT2D eigenvalue weighted by atomic mass is 9.96. The Labute approximate surface area is 110 Å². The van der Waals surface area contributed by atoms with Crippen molar-refractivity contribution in [3.05, 3.63) is 53.9 Å². The molecule has 1 heterocycles. The first-order valence-corrected chi connectivity index (χ1v) is 5.84. The molecule has 0 fully saturated rings. The molecule has 19 heavy (non-hydrogen) atoms. The maximum Gasteiger partial charge on any atom is 0.313 e. The van der Waals surface area contributed by atoms with Crippen LogP contribution in [-0.2, 0) is 11.2 Å². The minimum absolute atomic E-state index is 0.352. The summed E-state index contributed by atoms with van der Waals surface area (Å²) in [6.07, 6.45) is 1.87. The van der Waals surface area contributed by atoms with Gasteiger partial charge in [0.05, 0.1) is 12.8 Å². The summed E-state index contributed by atoms with van der Waals surface area (Å²) >= 11 is 0. The predicted octanol–water partition coefficient (Wildman–Crippen LogP) is 1.90. The molecule has 1 unspecified atom stereocenters. The van der Waals surface area contributed by atoms with E-state index in [-0.39, 0.29) is 0 Å². The molecule has 1 aromatic carbocycles. The molecule has 5 nitrogen and oxygen atoms in total. The van der Waals surface area contributed by atoms with Crippen molar-refractivity contribution in [1.82, 2.24) is 10.2 Å². The number of methoxy groups -OCH3 is 1. The molecule has 0 saturated heterocycles. The van der Waals surface area contributed by atoms with Crippen LogP contribution in [0.25, 0.3) is 0 Å².